The Morgan fingerprint density at radius 3 is 2.40 bits per heavy atom. The fourth-order valence-electron chi connectivity index (χ4n) is 1.84. The Morgan fingerprint density at radius 1 is 1.10 bits per heavy atom. The molecule has 0 saturated heterocycles. The fraction of sp³-hybridized carbons (Fsp3) is 0.250. The first-order chi connectivity index (χ1) is 9.63. The van der Waals surface area contributed by atoms with Gasteiger partial charge >= 0.3 is 0 Å². The van der Waals surface area contributed by atoms with Gasteiger partial charge in [0.2, 0.25) is 0 Å². The predicted molar refractivity (Wildman–Crippen MR) is 82.1 cm³/mol. The fourth-order valence-corrected chi connectivity index (χ4v) is 2.45. The quantitative estimate of drug-likeness (QED) is 0.901. The highest BCUT2D eigenvalue weighted by Crippen LogP contribution is 2.37. The molecule has 2 rings (SSSR count). The van der Waals surface area contributed by atoms with E-state index >= 15 is 0 Å². The van der Waals surface area contributed by atoms with Crippen LogP contribution in [0.3, 0.4) is 0 Å². The third-order valence-electron chi connectivity index (χ3n) is 2.98. The van der Waals surface area contributed by atoms with Gasteiger partial charge in [0.15, 0.2) is 11.5 Å². The van der Waals surface area contributed by atoms with Crippen molar-refractivity contribution in [1.82, 2.24) is 0 Å². The molecule has 0 atom stereocenters. The van der Waals surface area contributed by atoms with E-state index < -0.39 is 0 Å². The van der Waals surface area contributed by atoms with Gasteiger partial charge in [-0.3, -0.25) is 0 Å². The molecule has 0 amide bonds. The van der Waals surface area contributed by atoms with Crippen LogP contribution in [0.1, 0.15) is 16.7 Å². The van der Waals surface area contributed by atoms with E-state index in [1.54, 1.807) is 13.2 Å². The van der Waals surface area contributed by atoms with Crippen molar-refractivity contribution in [1.29, 1.82) is 0 Å². The van der Waals surface area contributed by atoms with E-state index in [0.29, 0.717) is 18.1 Å². The third kappa shape index (κ3) is 3.52. The Hall–Kier alpha value is -1.52. The van der Waals surface area contributed by atoms with Gasteiger partial charge in [0.25, 0.3) is 0 Å². The number of rotatable bonds is 5. The molecule has 0 unspecified atom stereocenters. The molecule has 0 saturated carbocycles. The lowest BCUT2D eigenvalue weighted by Crippen LogP contribution is -1.99. The van der Waals surface area contributed by atoms with E-state index in [4.69, 9.17) is 9.47 Å². The Kier molecular flexibility index (Phi) is 5.04. The summed E-state index contributed by atoms with van der Waals surface area (Å²) in [6.07, 6.45) is 0. The summed E-state index contributed by atoms with van der Waals surface area (Å²) in [5, 5.41) is 9.19. The van der Waals surface area contributed by atoms with Crippen molar-refractivity contribution in [3.05, 3.63) is 57.6 Å². The molecule has 0 aromatic heterocycles. The van der Waals surface area contributed by atoms with Crippen molar-refractivity contribution >= 4 is 15.9 Å². The first-order valence-electron chi connectivity index (χ1n) is 6.29. The number of halogens is 1. The Balaban J connectivity index is 2.18. The van der Waals surface area contributed by atoms with Gasteiger partial charge < -0.3 is 14.6 Å². The van der Waals surface area contributed by atoms with E-state index in [-0.39, 0.29) is 6.61 Å². The second kappa shape index (κ2) is 6.77. The number of hydrogen-bond acceptors (Lipinski definition) is 3. The monoisotopic (exact) mass is 336 g/mol. The average molecular weight is 337 g/mol. The molecule has 0 fully saturated rings. The summed E-state index contributed by atoms with van der Waals surface area (Å²) in [7, 11) is 1.58. The molecule has 0 spiro atoms. The highest BCUT2D eigenvalue weighted by Gasteiger charge is 2.11. The highest BCUT2D eigenvalue weighted by atomic mass is 79.9. The molecule has 0 radical (unpaired) electrons. The minimum Gasteiger partial charge on any atom is -0.493 e. The van der Waals surface area contributed by atoms with E-state index in [2.05, 4.69) is 35.0 Å². The van der Waals surface area contributed by atoms with Gasteiger partial charge in [-0.2, -0.15) is 0 Å². The molecule has 3 nitrogen and oxygen atoms in total. The molecule has 0 aliphatic heterocycles. The van der Waals surface area contributed by atoms with E-state index in [1.807, 2.05) is 18.2 Å². The summed E-state index contributed by atoms with van der Waals surface area (Å²) in [6.45, 7) is 2.48. The predicted octanol–water partition coefficient (Wildman–Crippen LogP) is 3.84. The normalized spacial score (nSPS) is 10.4. The minimum atomic E-state index is -0.0345. The summed E-state index contributed by atoms with van der Waals surface area (Å²) >= 11 is 3.45. The number of methoxy groups -OCH3 is 1. The zero-order valence-corrected chi connectivity index (χ0v) is 13.1. The van der Waals surface area contributed by atoms with Gasteiger partial charge in [-0.05, 0) is 46.1 Å². The van der Waals surface area contributed by atoms with Crippen molar-refractivity contribution in [2.24, 2.45) is 0 Å². The van der Waals surface area contributed by atoms with Crippen molar-refractivity contribution in [2.75, 3.05) is 7.11 Å². The molecule has 106 valence electrons. The van der Waals surface area contributed by atoms with Crippen molar-refractivity contribution in [3.63, 3.8) is 0 Å². The standard InChI is InChI=1S/C16H17BrO3/c1-11-3-5-12(6-4-11)10-20-16-14(17)7-13(9-18)8-15(16)19-2/h3-8,18H,9-10H2,1-2H3. The lowest BCUT2D eigenvalue weighted by Gasteiger charge is -2.14. The lowest BCUT2D eigenvalue weighted by molar-refractivity contribution is 0.273. The number of benzene rings is 2. The molecule has 20 heavy (non-hydrogen) atoms. The maximum Gasteiger partial charge on any atom is 0.175 e. The topological polar surface area (TPSA) is 38.7 Å². The number of aliphatic hydroxyl groups is 1. The van der Waals surface area contributed by atoms with Gasteiger partial charge in [0.05, 0.1) is 18.2 Å². The molecule has 0 heterocycles. The molecule has 2 aromatic carbocycles. The number of ether oxygens (including phenoxy) is 2. The van der Waals surface area contributed by atoms with Crippen LogP contribution >= 0.6 is 15.9 Å². The van der Waals surface area contributed by atoms with E-state index in [9.17, 15) is 5.11 Å². The number of hydrogen-bond donors (Lipinski definition) is 1. The van der Waals surface area contributed by atoms with Gasteiger partial charge in [-0.25, -0.2) is 0 Å². The average Bonchev–Trinajstić information content (AvgIpc) is 2.47. The van der Waals surface area contributed by atoms with Crippen LogP contribution in [0.15, 0.2) is 40.9 Å². The van der Waals surface area contributed by atoms with Gasteiger partial charge in [-0.15, -0.1) is 0 Å². The van der Waals surface area contributed by atoms with Crippen molar-refractivity contribution in [2.45, 2.75) is 20.1 Å². The number of aryl methyl sites for hydroxylation is 1. The van der Waals surface area contributed by atoms with Crippen molar-refractivity contribution in [3.8, 4) is 11.5 Å². The first-order valence-corrected chi connectivity index (χ1v) is 7.09. The van der Waals surface area contributed by atoms with Crippen LogP contribution < -0.4 is 9.47 Å². The first kappa shape index (κ1) is 14.9. The van der Waals surface area contributed by atoms with Gasteiger partial charge in [-0.1, -0.05) is 29.8 Å². The van der Waals surface area contributed by atoms with Gasteiger partial charge in [0.1, 0.15) is 6.61 Å². The summed E-state index contributed by atoms with van der Waals surface area (Å²) in [5.41, 5.74) is 3.09. The maximum absolute atomic E-state index is 9.19. The third-order valence-corrected chi connectivity index (χ3v) is 3.56. The zero-order valence-electron chi connectivity index (χ0n) is 11.5. The summed E-state index contributed by atoms with van der Waals surface area (Å²) in [4.78, 5) is 0. The Morgan fingerprint density at radius 2 is 1.80 bits per heavy atom. The Bertz CT molecular complexity index is 579. The number of aliphatic hydroxyl groups excluding tert-OH is 1. The maximum atomic E-state index is 9.19. The van der Waals surface area contributed by atoms with E-state index in [1.165, 1.54) is 5.56 Å². The second-order valence-electron chi connectivity index (χ2n) is 4.54. The minimum absolute atomic E-state index is 0.0345. The van der Waals surface area contributed by atoms with Crippen LogP contribution in [0.5, 0.6) is 11.5 Å². The van der Waals surface area contributed by atoms with Crippen LogP contribution in [-0.4, -0.2) is 12.2 Å². The molecule has 0 aliphatic rings. The highest BCUT2D eigenvalue weighted by molar-refractivity contribution is 9.10. The SMILES string of the molecule is COc1cc(CO)cc(Br)c1OCc1ccc(C)cc1. The largest absolute Gasteiger partial charge is 0.493 e. The molecular formula is C16H17BrO3. The summed E-state index contributed by atoms with van der Waals surface area (Å²) in [5.74, 6) is 1.25. The van der Waals surface area contributed by atoms with Crippen LogP contribution in [-0.2, 0) is 13.2 Å². The van der Waals surface area contributed by atoms with Crippen molar-refractivity contribution < 1.29 is 14.6 Å². The molecular weight excluding hydrogens is 320 g/mol. The van der Waals surface area contributed by atoms with E-state index in [0.717, 1.165) is 15.6 Å². The molecule has 0 bridgehead atoms. The Labute approximate surface area is 127 Å². The summed E-state index contributed by atoms with van der Waals surface area (Å²) in [6, 6.07) is 11.8. The smallest absolute Gasteiger partial charge is 0.175 e. The summed E-state index contributed by atoms with van der Waals surface area (Å²) < 4.78 is 11.9. The van der Waals surface area contributed by atoms with Crippen LogP contribution in [0, 0.1) is 6.92 Å². The van der Waals surface area contributed by atoms with Gasteiger partial charge in [0, 0.05) is 0 Å². The van der Waals surface area contributed by atoms with Crippen LogP contribution in [0.25, 0.3) is 0 Å². The molecule has 0 aliphatic carbocycles. The molecule has 4 heteroatoms. The van der Waals surface area contributed by atoms with Crippen LogP contribution in [0.2, 0.25) is 0 Å². The van der Waals surface area contributed by atoms with Crippen LogP contribution in [0.4, 0.5) is 0 Å². The zero-order chi connectivity index (χ0) is 14.5. The lowest BCUT2D eigenvalue weighted by atomic mass is 10.1. The molecule has 2 aromatic rings. The second-order valence-corrected chi connectivity index (χ2v) is 5.40. The molecule has 1 N–H and O–H groups in total.